The van der Waals surface area contributed by atoms with Crippen LogP contribution in [0.4, 0.5) is 18.3 Å². The Hall–Kier alpha value is -2.68. The van der Waals surface area contributed by atoms with E-state index in [-0.39, 0.29) is 10.9 Å². The van der Waals surface area contributed by atoms with Gasteiger partial charge in [0, 0.05) is 30.2 Å². The molecular weight excluding hydrogens is 343 g/mol. The van der Waals surface area contributed by atoms with Crippen LogP contribution in [0.3, 0.4) is 0 Å². The number of rotatable bonds is 2. The molecule has 24 heavy (non-hydrogen) atoms. The molecule has 0 saturated carbocycles. The van der Waals surface area contributed by atoms with E-state index in [9.17, 15) is 23.1 Å². The summed E-state index contributed by atoms with van der Waals surface area (Å²) in [5.41, 5.74) is -1.57. The van der Waals surface area contributed by atoms with Gasteiger partial charge >= 0.3 is 6.18 Å². The molecular formula is C15H10F3N3O2S. The number of carbonyl (C=O) groups is 1. The first-order valence-corrected chi connectivity index (χ1v) is 7.54. The van der Waals surface area contributed by atoms with Crippen molar-refractivity contribution in [2.75, 3.05) is 11.9 Å². The molecule has 1 N–H and O–H groups in total. The topological polar surface area (TPSA) is 66.3 Å². The van der Waals surface area contributed by atoms with Crippen LogP contribution >= 0.6 is 11.3 Å². The Morgan fingerprint density at radius 3 is 2.67 bits per heavy atom. The number of amides is 1. The summed E-state index contributed by atoms with van der Waals surface area (Å²) >= 11 is 1.21. The second-order valence-electron chi connectivity index (χ2n) is 4.90. The Bertz CT molecular complexity index is 910. The van der Waals surface area contributed by atoms with Crippen LogP contribution in [-0.2, 0) is 6.18 Å². The van der Waals surface area contributed by atoms with Gasteiger partial charge in [-0.15, -0.1) is 11.3 Å². The molecule has 9 heteroatoms. The van der Waals surface area contributed by atoms with Crippen molar-refractivity contribution in [2.24, 2.45) is 0 Å². The van der Waals surface area contributed by atoms with Crippen LogP contribution in [0, 0.1) is 0 Å². The van der Waals surface area contributed by atoms with E-state index in [0.29, 0.717) is 5.13 Å². The van der Waals surface area contributed by atoms with Crippen molar-refractivity contribution in [1.82, 2.24) is 9.97 Å². The SMILES string of the molecule is CN(C(=O)c1cnc2c(C(F)(F)F)cccc2c1O)c1nccs1. The molecule has 1 aromatic carbocycles. The van der Waals surface area contributed by atoms with E-state index < -0.39 is 28.9 Å². The third-order valence-corrected chi connectivity index (χ3v) is 4.26. The average Bonchev–Trinajstić information content (AvgIpc) is 3.07. The molecule has 124 valence electrons. The smallest absolute Gasteiger partial charge is 0.418 e. The number of halogens is 3. The molecule has 0 radical (unpaired) electrons. The molecule has 1 amide bonds. The summed E-state index contributed by atoms with van der Waals surface area (Å²) in [5, 5.41) is 12.2. The number of hydrogen-bond donors (Lipinski definition) is 1. The van der Waals surface area contributed by atoms with E-state index in [4.69, 9.17) is 0 Å². The Morgan fingerprint density at radius 2 is 2.04 bits per heavy atom. The molecule has 0 unspecified atom stereocenters. The second-order valence-corrected chi connectivity index (χ2v) is 5.77. The van der Waals surface area contributed by atoms with E-state index >= 15 is 0 Å². The first-order valence-electron chi connectivity index (χ1n) is 6.66. The monoisotopic (exact) mass is 353 g/mol. The molecule has 3 aromatic rings. The fraction of sp³-hybridized carbons (Fsp3) is 0.133. The molecule has 3 rings (SSSR count). The number of para-hydroxylation sites is 1. The van der Waals surface area contributed by atoms with Crippen molar-refractivity contribution in [3.63, 3.8) is 0 Å². The van der Waals surface area contributed by atoms with Gasteiger partial charge in [-0.2, -0.15) is 13.2 Å². The highest BCUT2D eigenvalue weighted by Gasteiger charge is 2.34. The fourth-order valence-corrected chi connectivity index (χ4v) is 2.85. The van der Waals surface area contributed by atoms with Crippen LogP contribution in [-0.4, -0.2) is 28.0 Å². The highest BCUT2D eigenvalue weighted by molar-refractivity contribution is 7.13. The maximum atomic E-state index is 13.0. The summed E-state index contributed by atoms with van der Waals surface area (Å²) in [6, 6.07) is 3.32. The predicted octanol–water partition coefficient (Wildman–Crippen LogP) is 3.69. The van der Waals surface area contributed by atoms with Crippen LogP contribution in [0.25, 0.3) is 10.9 Å². The Kier molecular flexibility index (Phi) is 3.88. The number of benzene rings is 1. The number of thiazole rings is 1. The third-order valence-electron chi connectivity index (χ3n) is 3.42. The third kappa shape index (κ3) is 2.67. The predicted molar refractivity (Wildman–Crippen MR) is 83.3 cm³/mol. The maximum absolute atomic E-state index is 13.0. The van der Waals surface area contributed by atoms with Crippen LogP contribution < -0.4 is 4.90 Å². The van der Waals surface area contributed by atoms with Crippen molar-refractivity contribution >= 4 is 33.3 Å². The number of carbonyl (C=O) groups excluding carboxylic acids is 1. The van der Waals surface area contributed by atoms with Gasteiger partial charge in [0.15, 0.2) is 5.13 Å². The van der Waals surface area contributed by atoms with Gasteiger partial charge in [0.25, 0.3) is 5.91 Å². The van der Waals surface area contributed by atoms with Crippen LogP contribution in [0.5, 0.6) is 5.75 Å². The maximum Gasteiger partial charge on any atom is 0.418 e. The summed E-state index contributed by atoms with van der Waals surface area (Å²) in [4.78, 5) is 21.4. The lowest BCUT2D eigenvalue weighted by Crippen LogP contribution is -2.26. The summed E-state index contributed by atoms with van der Waals surface area (Å²) < 4.78 is 39.1. The van der Waals surface area contributed by atoms with Gasteiger partial charge in [0.2, 0.25) is 0 Å². The number of hydrogen-bond acceptors (Lipinski definition) is 5. The molecule has 0 fully saturated rings. The van der Waals surface area contributed by atoms with Gasteiger partial charge in [-0.3, -0.25) is 14.7 Å². The van der Waals surface area contributed by atoms with Gasteiger partial charge in [0.05, 0.1) is 11.1 Å². The van der Waals surface area contributed by atoms with Gasteiger partial charge in [-0.05, 0) is 12.1 Å². The molecule has 2 aromatic heterocycles. The largest absolute Gasteiger partial charge is 0.506 e. The van der Waals surface area contributed by atoms with E-state index in [1.807, 2.05) is 0 Å². The summed E-state index contributed by atoms with van der Waals surface area (Å²) in [6.07, 6.45) is -2.15. The number of alkyl halides is 3. The second kappa shape index (κ2) is 5.75. The molecule has 0 aliphatic carbocycles. The number of pyridine rings is 1. The molecule has 5 nitrogen and oxygen atoms in total. The van der Waals surface area contributed by atoms with Gasteiger partial charge in [-0.25, -0.2) is 4.98 Å². The molecule has 0 aliphatic rings. The van der Waals surface area contributed by atoms with Crippen LogP contribution in [0.15, 0.2) is 36.0 Å². The number of anilines is 1. The highest BCUT2D eigenvalue weighted by atomic mass is 32.1. The van der Waals surface area contributed by atoms with Gasteiger partial charge < -0.3 is 5.11 Å². The Balaban J connectivity index is 2.12. The average molecular weight is 353 g/mol. The summed E-state index contributed by atoms with van der Waals surface area (Å²) in [5.74, 6) is -1.16. The minimum atomic E-state index is -4.61. The minimum Gasteiger partial charge on any atom is -0.506 e. The van der Waals surface area contributed by atoms with E-state index in [2.05, 4.69) is 9.97 Å². The van der Waals surface area contributed by atoms with Crippen molar-refractivity contribution in [3.05, 3.63) is 47.1 Å². The lowest BCUT2D eigenvalue weighted by atomic mass is 10.1. The zero-order chi connectivity index (χ0) is 17.5. The quantitative estimate of drug-likeness (QED) is 0.763. The van der Waals surface area contributed by atoms with E-state index in [1.54, 1.807) is 5.38 Å². The van der Waals surface area contributed by atoms with E-state index in [0.717, 1.165) is 18.3 Å². The Morgan fingerprint density at radius 1 is 1.29 bits per heavy atom. The molecule has 2 heterocycles. The fourth-order valence-electron chi connectivity index (χ4n) is 2.24. The number of aromatic nitrogens is 2. The first kappa shape index (κ1) is 16.2. The number of aromatic hydroxyl groups is 1. The minimum absolute atomic E-state index is 0.136. The Labute approximate surface area is 138 Å². The molecule has 0 saturated heterocycles. The lowest BCUT2D eigenvalue weighted by molar-refractivity contribution is -0.136. The van der Waals surface area contributed by atoms with Crippen LogP contribution in [0.1, 0.15) is 15.9 Å². The summed E-state index contributed by atoms with van der Waals surface area (Å²) in [6.45, 7) is 0. The van der Waals surface area contributed by atoms with E-state index in [1.165, 1.54) is 35.5 Å². The number of fused-ring (bicyclic) bond motifs is 1. The summed E-state index contributed by atoms with van der Waals surface area (Å²) in [7, 11) is 1.46. The molecule has 0 atom stereocenters. The van der Waals surface area contributed by atoms with Crippen LogP contribution in [0.2, 0.25) is 0 Å². The zero-order valence-corrected chi connectivity index (χ0v) is 13.0. The molecule has 0 spiro atoms. The molecule has 0 aliphatic heterocycles. The lowest BCUT2D eigenvalue weighted by Gasteiger charge is -2.16. The van der Waals surface area contributed by atoms with Crippen molar-refractivity contribution < 1.29 is 23.1 Å². The normalized spacial score (nSPS) is 11.7. The van der Waals surface area contributed by atoms with Crippen molar-refractivity contribution in [2.45, 2.75) is 6.18 Å². The zero-order valence-electron chi connectivity index (χ0n) is 12.2. The first-order chi connectivity index (χ1) is 11.3. The standard InChI is InChI=1S/C15H10F3N3O2S/c1-21(14-19-5-6-24-14)13(23)9-7-20-11-8(12(9)22)3-2-4-10(11)15(16,17)18/h2-7H,1H3,(H,20,22). The molecule has 0 bridgehead atoms. The van der Waals surface area contributed by atoms with Crippen molar-refractivity contribution in [1.29, 1.82) is 0 Å². The number of nitrogens with zero attached hydrogens (tertiary/aromatic N) is 3. The van der Waals surface area contributed by atoms with Gasteiger partial charge in [-0.1, -0.05) is 6.07 Å². The van der Waals surface area contributed by atoms with Gasteiger partial charge in [0.1, 0.15) is 11.3 Å². The van der Waals surface area contributed by atoms with Crippen molar-refractivity contribution in [3.8, 4) is 5.75 Å². The highest BCUT2D eigenvalue weighted by Crippen LogP contribution is 2.37.